The van der Waals surface area contributed by atoms with E-state index in [0.29, 0.717) is 0 Å². The summed E-state index contributed by atoms with van der Waals surface area (Å²) < 4.78 is 6.07. The molecule has 2 unspecified atom stereocenters. The van der Waals surface area contributed by atoms with Gasteiger partial charge < -0.3 is 15.4 Å². The second-order valence-electron chi connectivity index (χ2n) is 5.26. The second kappa shape index (κ2) is 6.58. The maximum absolute atomic E-state index is 12.3. The molecular weight excluding hydrogens is 336 g/mol. The average Bonchev–Trinajstić information content (AvgIpc) is 2.47. The summed E-state index contributed by atoms with van der Waals surface area (Å²) in [7, 11) is 1.51. The van der Waals surface area contributed by atoms with Gasteiger partial charge in [0.15, 0.2) is 0 Å². The van der Waals surface area contributed by atoms with Gasteiger partial charge in [-0.05, 0) is 24.6 Å². The van der Waals surface area contributed by atoms with Gasteiger partial charge in [0, 0.05) is 17.5 Å². The number of benzene rings is 1. The quantitative estimate of drug-likeness (QED) is 0.862. The Morgan fingerprint density at radius 2 is 1.76 bits per heavy atom. The highest BCUT2D eigenvalue weighted by molar-refractivity contribution is 9.10. The highest BCUT2D eigenvalue weighted by Gasteiger charge is 2.39. The summed E-state index contributed by atoms with van der Waals surface area (Å²) in [6, 6.07) is 6.51. The fourth-order valence-electron chi connectivity index (χ4n) is 2.42. The van der Waals surface area contributed by atoms with E-state index >= 15 is 0 Å². The zero-order chi connectivity index (χ0) is 15.6. The van der Waals surface area contributed by atoms with Crippen LogP contribution in [0.5, 0.6) is 0 Å². The van der Waals surface area contributed by atoms with Crippen LogP contribution >= 0.6 is 15.9 Å². The Labute approximate surface area is 132 Å². The van der Waals surface area contributed by atoms with Crippen molar-refractivity contribution < 1.29 is 14.3 Å². The van der Waals surface area contributed by atoms with Crippen molar-refractivity contribution >= 4 is 27.7 Å². The van der Waals surface area contributed by atoms with Gasteiger partial charge >= 0.3 is 0 Å². The molecule has 0 aromatic heterocycles. The van der Waals surface area contributed by atoms with Gasteiger partial charge in [0.1, 0.15) is 12.1 Å². The molecule has 0 spiro atoms. The SMILES string of the molecule is CO[C@H](C)[C@@H]1NC(=O)C(C(C)c2cccc(Br)c2)NC1=O. The minimum atomic E-state index is -0.645. The normalized spacial score (nSPS) is 25.0. The summed E-state index contributed by atoms with van der Waals surface area (Å²) >= 11 is 3.41. The smallest absolute Gasteiger partial charge is 0.245 e. The van der Waals surface area contributed by atoms with Crippen molar-refractivity contribution in [2.45, 2.75) is 38.0 Å². The molecule has 1 saturated heterocycles. The summed E-state index contributed by atoms with van der Waals surface area (Å²) in [5.41, 5.74) is 0.989. The van der Waals surface area contributed by atoms with Crippen LogP contribution in [0, 0.1) is 0 Å². The lowest BCUT2D eigenvalue weighted by Crippen LogP contribution is -2.65. The lowest BCUT2D eigenvalue weighted by atomic mass is 9.90. The zero-order valence-corrected chi connectivity index (χ0v) is 13.8. The molecule has 5 nitrogen and oxygen atoms in total. The van der Waals surface area contributed by atoms with Crippen molar-refractivity contribution in [1.82, 2.24) is 10.6 Å². The van der Waals surface area contributed by atoms with E-state index in [0.717, 1.165) is 10.0 Å². The number of hydrogen-bond donors (Lipinski definition) is 2. The molecule has 1 fully saturated rings. The van der Waals surface area contributed by atoms with Crippen LogP contribution in [-0.4, -0.2) is 37.1 Å². The first-order chi connectivity index (χ1) is 9.93. The summed E-state index contributed by atoms with van der Waals surface area (Å²) in [5, 5.41) is 5.55. The van der Waals surface area contributed by atoms with Crippen LogP contribution in [0.25, 0.3) is 0 Å². The van der Waals surface area contributed by atoms with E-state index in [4.69, 9.17) is 4.74 Å². The van der Waals surface area contributed by atoms with Crippen molar-refractivity contribution in [2.75, 3.05) is 7.11 Å². The third-order valence-electron chi connectivity index (χ3n) is 3.88. The highest BCUT2D eigenvalue weighted by Crippen LogP contribution is 2.24. The lowest BCUT2D eigenvalue weighted by molar-refractivity contribution is -0.140. The van der Waals surface area contributed by atoms with Crippen LogP contribution in [0.4, 0.5) is 0 Å². The van der Waals surface area contributed by atoms with Crippen LogP contribution in [0.1, 0.15) is 25.3 Å². The number of halogens is 1. The molecule has 114 valence electrons. The molecule has 0 saturated carbocycles. The van der Waals surface area contributed by atoms with Gasteiger partial charge in [0.25, 0.3) is 0 Å². The number of methoxy groups -OCH3 is 1. The minimum Gasteiger partial charge on any atom is -0.379 e. The van der Waals surface area contributed by atoms with Gasteiger partial charge in [-0.3, -0.25) is 9.59 Å². The first-order valence-corrected chi connectivity index (χ1v) is 7.62. The molecule has 1 heterocycles. The lowest BCUT2D eigenvalue weighted by Gasteiger charge is -2.35. The Morgan fingerprint density at radius 3 is 2.38 bits per heavy atom. The van der Waals surface area contributed by atoms with E-state index in [1.54, 1.807) is 6.92 Å². The van der Waals surface area contributed by atoms with Crippen molar-refractivity contribution in [3.05, 3.63) is 34.3 Å². The van der Waals surface area contributed by atoms with Gasteiger partial charge in [-0.15, -0.1) is 0 Å². The number of piperazine rings is 1. The number of nitrogens with one attached hydrogen (secondary N) is 2. The molecule has 6 heteroatoms. The molecule has 1 aliphatic heterocycles. The van der Waals surface area contributed by atoms with Gasteiger partial charge in [0.05, 0.1) is 6.10 Å². The van der Waals surface area contributed by atoms with Crippen molar-refractivity contribution in [3.8, 4) is 0 Å². The van der Waals surface area contributed by atoms with Gasteiger partial charge in [-0.25, -0.2) is 0 Å². The number of carbonyl (C=O) groups excluding carboxylic acids is 2. The predicted molar refractivity (Wildman–Crippen MR) is 82.9 cm³/mol. The van der Waals surface area contributed by atoms with Crippen LogP contribution in [-0.2, 0) is 14.3 Å². The van der Waals surface area contributed by atoms with Crippen molar-refractivity contribution in [3.63, 3.8) is 0 Å². The standard InChI is InChI=1S/C15H19BrN2O3/c1-8(10-5-4-6-11(16)7-10)12-14(19)18-13(9(2)21-3)15(20)17-12/h4-9,12-13H,1-3H3,(H,17,20)(H,18,19)/t8?,9-,12?,13+/m1/s1. The highest BCUT2D eigenvalue weighted by atomic mass is 79.9. The monoisotopic (exact) mass is 354 g/mol. The van der Waals surface area contributed by atoms with E-state index in [2.05, 4.69) is 26.6 Å². The van der Waals surface area contributed by atoms with Crippen LogP contribution in [0.15, 0.2) is 28.7 Å². The summed E-state index contributed by atoms with van der Waals surface area (Å²) in [5.74, 6) is -0.517. The first-order valence-electron chi connectivity index (χ1n) is 6.83. The van der Waals surface area contributed by atoms with Crippen molar-refractivity contribution in [2.24, 2.45) is 0 Å². The van der Waals surface area contributed by atoms with E-state index in [1.165, 1.54) is 7.11 Å². The topological polar surface area (TPSA) is 67.4 Å². The number of carbonyl (C=O) groups is 2. The van der Waals surface area contributed by atoms with Crippen LogP contribution < -0.4 is 10.6 Å². The van der Waals surface area contributed by atoms with Crippen molar-refractivity contribution in [1.29, 1.82) is 0 Å². The molecule has 1 aliphatic rings. The summed E-state index contributed by atoms with van der Waals surface area (Å²) in [6.45, 7) is 3.68. The Hall–Kier alpha value is -1.40. The summed E-state index contributed by atoms with van der Waals surface area (Å²) in [6.07, 6.45) is -0.365. The Balaban J connectivity index is 2.15. The number of ether oxygens (including phenoxy) is 1. The maximum atomic E-state index is 12.3. The van der Waals surface area contributed by atoms with E-state index in [1.807, 2.05) is 31.2 Å². The van der Waals surface area contributed by atoms with Crippen LogP contribution in [0.2, 0.25) is 0 Å². The average molecular weight is 355 g/mol. The second-order valence-corrected chi connectivity index (χ2v) is 6.17. The molecule has 4 atom stereocenters. The minimum absolute atomic E-state index is 0.120. The fraction of sp³-hybridized carbons (Fsp3) is 0.467. The number of amides is 2. The zero-order valence-electron chi connectivity index (χ0n) is 12.2. The maximum Gasteiger partial charge on any atom is 0.245 e. The molecule has 0 bridgehead atoms. The predicted octanol–water partition coefficient (Wildman–Crippen LogP) is 1.57. The summed E-state index contributed by atoms with van der Waals surface area (Å²) in [4.78, 5) is 24.4. The van der Waals surface area contributed by atoms with Gasteiger partial charge in [0.2, 0.25) is 11.8 Å². The van der Waals surface area contributed by atoms with E-state index in [-0.39, 0.29) is 23.8 Å². The third kappa shape index (κ3) is 3.44. The van der Waals surface area contributed by atoms with E-state index in [9.17, 15) is 9.59 Å². The van der Waals surface area contributed by atoms with Crippen LogP contribution in [0.3, 0.4) is 0 Å². The Kier molecular flexibility index (Phi) is 5.00. The molecule has 2 amide bonds. The number of rotatable bonds is 4. The first kappa shape index (κ1) is 16.0. The molecule has 21 heavy (non-hydrogen) atoms. The molecular formula is C15H19BrN2O3. The molecule has 1 aromatic carbocycles. The fourth-order valence-corrected chi connectivity index (χ4v) is 2.84. The Bertz CT molecular complexity index is 549. The molecule has 2 rings (SSSR count). The van der Waals surface area contributed by atoms with Gasteiger partial charge in [-0.1, -0.05) is 35.0 Å². The largest absolute Gasteiger partial charge is 0.379 e. The third-order valence-corrected chi connectivity index (χ3v) is 4.37. The molecule has 1 aromatic rings. The van der Waals surface area contributed by atoms with Gasteiger partial charge in [-0.2, -0.15) is 0 Å². The Morgan fingerprint density at radius 1 is 1.14 bits per heavy atom. The molecule has 2 N–H and O–H groups in total. The molecule has 0 radical (unpaired) electrons. The van der Waals surface area contributed by atoms with E-state index < -0.39 is 12.1 Å². The number of hydrogen-bond acceptors (Lipinski definition) is 3. The molecule has 0 aliphatic carbocycles.